The van der Waals surface area contributed by atoms with E-state index in [1.54, 1.807) is 7.11 Å². The fraction of sp³-hybridized carbons (Fsp3) is 0.350. The van der Waals surface area contributed by atoms with Gasteiger partial charge < -0.3 is 10.1 Å². The van der Waals surface area contributed by atoms with Gasteiger partial charge in [-0.2, -0.15) is 4.68 Å². The number of hydrogen-bond acceptors (Lipinski definition) is 5. The van der Waals surface area contributed by atoms with Crippen molar-refractivity contribution in [2.24, 2.45) is 0 Å². The molecule has 0 spiro atoms. The molecule has 6 heteroatoms. The van der Waals surface area contributed by atoms with Crippen LogP contribution in [-0.4, -0.2) is 27.3 Å². The molecule has 1 N–H and O–H groups in total. The summed E-state index contributed by atoms with van der Waals surface area (Å²) in [6.45, 7) is 2.12. The number of methoxy groups -OCH3 is 1. The van der Waals surface area contributed by atoms with E-state index in [0.717, 1.165) is 48.6 Å². The maximum absolute atomic E-state index is 5.26. The van der Waals surface area contributed by atoms with Crippen molar-refractivity contribution in [3.63, 3.8) is 0 Å². The fourth-order valence-electron chi connectivity index (χ4n) is 3.74. The number of benzene rings is 2. The summed E-state index contributed by atoms with van der Waals surface area (Å²) in [6.07, 6.45) is 4.35. The van der Waals surface area contributed by atoms with Crippen molar-refractivity contribution in [3.8, 4) is 11.4 Å². The summed E-state index contributed by atoms with van der Waals surface area (Å²) in [7, 11) is 1.66. The maximum Gasteiger partial charge on any atom is 0.181 e. The Morgan fingerprint density at radius 1 is 1.04 bits per heavy atom. The van der Waals surface area contributed by atoms with Crippen LogP contribution in [0.3, 0.4) is 0 Å². The topological polar surface area (TPSA) is 64.9 Å². The van der Waals surface area contributed by atoms with Gasteiger partial charge in [0.05, 0.1) is 18.3 Å². The average molecular weight is 349 g/mol. The second-order valence-corrected chi connectivity index (χ2v) is 6.84. The molecule has 0 saturated heterocycles. The van der Waals surface area contributed by atoms with E-state index in [4.69, 9.17) is 4.74 Å². The summed E-state index contributed by atoms with van der Waals surface area (Å²) in [5, 5.41) is 16.4. The molecule has 26 heavy (non-hydrogen) atoms. The van der Waals surface area contributed by atoms with Gasteiger partial charge in [-0.1, -0.05) is 31.0 Å². The first-order valence-electron chi connectivity index (χ1n) is 8.99. The van der Waals surface area contributed by atoms with Crippen molar-refractivity contribution in [3.05, 3.63) is 59.9 Å². The summed E-state index contributed by atoms with van der Waals surface area (Å²) in [5.41, 5.74) is 3.04. The van der Waals surface area contributed by atoms with Crippen LogP contribution < -0.4 is 10.1 Å². The smallest absolute Gasteiger partial charge is 0.181 e. The fourth-order valence-corrected chi connectivity index (χ4v) is 3.74. The average Bonchev–Trinajstić information content (AvgIpc) is 3.34. The highest BCUT2D eigenvalue weighted by molar-refractivity contribution is 5.53. The summed E-state index contributed by atoms with van der Waals surface area (Å²) in [6, 6.07) is 16.2. The highest BCUT2D eigenvalue weighted by Gasteiger charge is 2.41. The second-order valence-electron chi connectivity index (χ2n) is 6.84. The number of anilines is 1. The van der Waals surface area contributed by atoms with Gasteiger partial charge in [-0.05, 0) is 66.1 Å². The van der Waals surface area contributed by atoms with Crippen LogP contribution in [0.5, 0.6) is 5.75 Å². The van der Waals surface area contributed by atoms with Gasteiger partial charge in [0.1, 0.15) is 5.75 Å². The lowest BCUT2D eigenvalue weighted by Gasteiger charge is -2.31. The van der Waals surface area contributed by atoms with E-state index in [-0.39, 0.29) is 5.54 Å². The van der Waals surface area contributed by atoms with E-state index in [9.17, 15) is 0 Å². The van der Waals surface area contributed by atoms with Gasteiger partial charge in [0.15, 0.2) is 5.82 Å². The van der Waals surface area contributed by atoms with Crippen molar-refractivity contribution in [2.45, 2.75) is 38.1 Å². The summed E-state index contributed by atoms with van der Waals surface area (Å²) in [4.78, 5) is 0. The molecule has 2 aromatic carbocycles. The molecule has 1 heterocycles. The maximum atomic E-state index is 5.26. The molecule has 134 valence electrons. The number of tetrazole rings is 1. The highest BCUT2D eigenvalue weighted by atomic mass is 16.5. The van der Waals surface area contributed by atoms with Crippen LogP contribution in [0.2, 0.25) is 0 Å². The first-order valence-corrected chi connectivity index (χ1v) is 8.99. The number of nitrogens with zero attached hydrogens (tertiary/aromatic N) is 4. The summed E-state index contributed by atoms with van der Waals surface area (Å²) < 4.78 is 7.10. The Bertz CT molecular complexity index is 881. The zero-order valence-corrected chi connectivity index (χ0v) is 15.1. The molecule has 1 aromatic heterocycles. The Labute approximate surface area is 153 Å². The summed E-state index contributed by atoms with van der Waals surface area (Å²) in [5.74, 6) is 1.68. The predicted molar refractivity (Wildman–Crippen MR) is 101 cm³/mol. The third-order valence-corrected chi connectivity index (χ3v) is 5.19. The van der Waals surface area contributed by atoms with Gasteiger partial charge in [0, 0.05) is 5.69 Å². The molecule has 4 rings (SSSR count). The predicted octanol–water partition coefficient (Wildman–Crippen LogP) is 3.86. The molecule has 1 aliphatic rings. The Kier molecular flexibility index (Phi) is 4.32. The number of rotatable bonds is 5. The van der Waals surface area contributed by atoms with Gasteiger partial charge in [-0.25, -0.2) is 0 Å². The third kappa shape index (κ3) is 2.92. The minimum Gasteiger partial charge on any atom is -0.497 e. The van der Waals surface area contributed by atoms with E-state index in [2.05, 4.69) is 52.0 Å². The number of aryl methyl sites for hydroxylation is 1. The van der Waals surface area contributed by atoms with Gasteiger partial charge in [0.25, 0.3) is 0 Å². The highest BCUT2D eigenvalue weighted by Crippen LogP contribution is 2.41. The zero-order valence-electron chi connectivity index (χ0n) is 15.1. The molecule has 0 unspecified atom stereocenters. The zero-order chi connectivity index (χ0) is 18.0. The number of aromatic nitrogens is 4. The number of nitrogens with one attached hydrogen (secondary N) is 1. The van der Waals surface area contributed by atoms with E-state index in [1.807, 2.05) is 28.9 Å². The standard InChI is InChI=1S/C20H23N5O/c1-15-7-3-4-8-18(15)21-20(13-5-6-14-20)19-22-23-24-25(19)16-9-11-17(26-2)12-10-16/h3-4,7-12,21H,5-6,13-14H2,1-2H3. The van der Waals surface area contributed by atoms with Crippen LogP contribution >= 0.6 is 0 Å². The normalized spacial score (nSPS) is 15.8. The van der Waals surface area contributed by atoms with Crippen molar-refractivity contribution >= 4 is 5.69 Å². The van der Waals surface area contributed by atoms with E-state index >= 15 is 0 Å². The van der Waals surface area contributed by atoms with E-state index in [1.165, 1.54) is 5.56 Å². The monoisotopic (exact) mass is 349 g/mol. The third-order valence-electron chi connectivity index (χ3n) is 5.19. The van der Waals surface area contributed by atoms with Crippen molar-refractivity contribution in [1.29, 1.82) is 0 Å². The Balaban J connectivity index is 1.74. The lowest BCUT2D eigenvalue weighted by atomic mass is 9.95. The Hall–Kier alpha value is -2.89. The van der Waals surface area contributed by atoms with E-state index < -0.39 is 0 Å². The lowest BCUT2D eigenvalue weighted by Crippen LogP contribution is -2.35. The van der Waals surface area contributed by atoms with Gasteiger partial charge >= 0.3 is 0 Å². The van der Waals surface area contributed by atoms with Crippen LogP contribution in [-0.2, 0) is 5.54 Å². The molecule has 0 aliphatic heterocycles. The largest absolute Gasteiger partial charge is 0.497 e. The van der Waals surface area contributed by atoms with Crippen LogP contribution in [0.15, 0.2) is 48.5 Å². The first-order chi connectivity index (χ1) is 12.7. The van der Waals surface area contributed by atoms with Crippen LogP contribution in [0.1, 0.15) is 37.1 Å². The second kappa shape index (κ2) is 6.78. The Morgan fingerprint density at radius 2 is 1.77 bits per heavy atom. The molecule has 0 atom stereocenters. The number of ether oxygens (including phenoxy) is 1. The lowest BCUT2D eigenvalue weighted by molar-refractivity contribution is 0.414. The molecule has 3 aromatic rings. The van der Waals surface area contributed by atoms with E-state index in [0.29, 0.717) is 0 Å². The van der Waals surface area contributed by atoms with Crippen LogP contribution in [0, 0.1) is 6.92 Å². The van der Waals surface area contributed by atoms with Crippen molar-refractivity contribution in [1.82, 2.24) is 20.2 Å². The molecular weight excluding hydrogens is 326 g/mol. The van der Waals surface area contributed by atoms with Gasteiger partial charge in [-0.15, -0.1) is 5.10 Å². The Morgan fingerprint density at radius 3 is 2.46 bits per heavy atom. The van der Waals surface area contributed by atoms with Gasteiger partial charge in [0.2, 0.25) is 0 Å². The molecule has 6 nitrogen and oxygen atoms in total. The molecule has 1 aliphatic carbocycles. The van der Waals surface area contributed by atoms with Crippen molar-refractivity contribution in [2.75, 3.05) is 12.4 Å². The first kappa shape index (κ1) is 16.6. The van der Waals surface area contributed by atoms with Crippen molar-refractivity contribution < 1.29 is 4.74 Å². The molecule has 1 saturated carbocycles. The molecule has 0 radical (unpaired) electrons. The molecule has 1 fully saturated rings. The van der Waals surface area contributed by atoms with Gasteiger partial charge in [-0.3, -0.25) is 0 Å². The molecule has 0 amide bonds. The van der Waals surface area contributed by atoms with Crippen LogP contribution in [0.25, 0.3) is 5.69 Å². The minimum absolute atomic E-state index is 0.254. The molecule has 0 bridgehead atoms. The minimum atomic E-state index is -0.254. The summed E-state index contributed by atoms with van der Waals surface area (Å²) >= 11 is 0. The quantitative estimate of drug-likeness (QED) is 0.758. The number of para-hydroxylation sites is 1. The number of hydrogen-bond donors (Lipinski definition) is 1. The van der Waals surface area contributed by atoms with Crippen LogP contribution in [0.4, 0.5) is 5.69 Å². The molecular formula is C20H23N5O. The SMILES string of the molecule is COc1ccc(-n2nnnc2C2(Nc3ccccc3C)CCCC2)cc1.